The number of nitrogens with one attached hydrogen (secondary N) is 1. The molecule has 0 aromatic heterocycles. The fraction of sp³-hybridized carbons (Fsp3) is 0.167. The summed E-state index contributed by atoms with van der Waals surface area (Å²) in [6.07, 6.45) is -4.44. The van der Waals surface area contributed by atoms with E-state index in [4.69, 9.17) is 0 Å². The van der Waals surface area contributed by atoms with E-state index in [0.717, 1.165) is 4.90 Å². The van der Waals surface area contributed by atoms with Crippen LogP contribution in [0, 0.1) is 0 Å². The maximum absolute atomic E-state index is 12.3. The summed E-state index contributed by atoms with van der Waals surface area (Å²) in [6, 6.07) is 9.51. The summed E-state index contributed by atoms with van der Waals surface area (Å²) in [5.74, 6) is -1.45. The number of fused-ring (bicyclic) bond motifs is 1. The van der Waals surface area contributed by atoms with Gasteiger partial charge in [0.05, 0.1) is 11.1 Å². The second-order valence-electron chi connectivity index (χ2n) is 5.81. The summed E-state index contributed by atoms with van der Waals surface area (Å²) >= 11 is 0. The Morgan fingerprint density at radius 3 is 2.30 bits per heavy atom. The minimum atomic E-state index is -4.44. The predicted octanol–water partition coefficient (Wildman–Crippen LogP) is 3.11. The molecule has 1 N–H and O–H groups in total. The number of benzene rings is 2. The summed E-state index contributed by atoms with van der Waals surface area (Å²) in [5.41, 5.74) is 0.873. The van der Waals surface area contributed by atoms with Gasteiger partial charge in [-0.2, -0.15) is 13.2 Å². The zero-order chi connectivity index (χ0) is 19.8. The largest absolute Gasteiger partial charge is 0.484 e. The summed E-state index contributed by atoms with van der Waals surface area (Å²) in [5, 5.41) is 2.56. The van der Waals surface area contributed by atoms with E-state index in [-0.39, 0.29) is 22.4 Å². The molecule has 0 saturated carbocycles. The van der Waals surface area contributed by atoms with Gasteiger partial charge >= 0.3 is 6.18 Å². The number of imide groups is 1. The van der Waals surface area contributed by atoms with Gasteiger partial charge in [0.25, 0.3) is 17.7 Å². The molecule has 2 aromatic carbocycles. The van der Waals surface area contributed by atoms with E-state index in [1.807, 2.05) is 0 Å². The fourth-order valence-corrected chi connectivity index (χ4v) is 2.51. The van der Waals surface area contributed by atoms with Gasteiger partial charge in [-0.15, -0.1) is 0 Å². The quantitative estimate of drug-likeness (QED) is 0.830. The third-order valence-electron chi connectivity index (χ3n) is 3.87. The third-order valence-corrected chi connectivity index (χ3v) is 3.87. The molecule has 0 bridgehead atoms. The molecule has 0 atom stereocenters. The number of anilines is 1. The average molecular weight is 378 g/mol. The Hall–Kier alpha value is -3.36. The molecular formula is C18H13F3N2O4. The van der Waals surface area contributed by atoms with E-state index in [2.05, 4.69) is 10.1 Å². The number of rotatable bonds is 4. The first kappa shape index (κ1) is 18.4. The van der Waals surface area contributed by atoms with Gasteiger partial charge in [-0.25, -0.2) is 0 Å². The van der Waals surface area contributed by atoms with Crippen LogP contribution in [-0.4, -0.2) is 42.5 Å². The molecule has 0 fully saturated rings. The molecule has 9 heteroatoms. The molecule has 27 heavy (non-hydrogen) atoms. The normalized spacial score (nSPS) is 13.6. The number of ether oxygens (including phenoxy) is 1. The highest BCUT2D eigenvalue weighted by Gasteiger charge is 2.33. The van der Waals surface area contributed by atoms with E-state index in [0.29, 0.717) is 5.69 Å². The Labute approximate surface area is 151 Å². The number of carbonyl (C=O) groups excluding carboxylic acids is 3. The van der Waals surface area contributed by atoms with Crippen LogP contribution in [0.4, 0.5) is 18.9 Å². The van der Waals surface area contributed by atoms with Gasteiger partial charge in [0, 0.05) is 18.3 Å². The number of halogens is 3. The SMILES string of the molecule is CN1C(=O)c2ccc(C(=O)Nc3ccc(OCC(F)(F)F)cc3)cc2C1=O. The molecule has 2 aromatic rings. The molecule has 1 aliphatic heterocycles. The second kappa shape index (κ2) is 6.75. The van der Waals surface area contributed by atoms with Crippen LogP contribution in [0.15, 0.2) is 42.5 Å². The number of alkyl halides is 3. The molecule has 140 valence electrons. The molecule has 0 aliphatic carbocycles. The molecule has 0 spiro atoms. The van der Waals surface area contributed by atoms with Crippen molar-refractivity contribution in [3.8, 4) is 5.75 Å². The molecule has 0 unspecified atom stereocenters. The smallest absolute Gasteiger partial charge is 0.422 e. The molecule has 0 radical (unpaired) electrons. The van der Waals surface area contributed by atoms with Crippen molar-refractivity contribution in [1.82, 2.24) is 4.90 Å². The minimum Gasteiger partial charge on any atom is -0.484 e. The zero-order valence-electron chi connectivity index (χ0n) is 14.0. The summed E-state index contributed by atoms with van der Waals surface area (Å²) in [4.78, 5) is 37.1. The van der Waals surface area contributed by atoms with Crippen molar-refractivity contribution in [3.05, 3.63) is 59.2 Å². The van der Waals surface area contributed by atoms with Gasteiger partial charge in [0.15, 0.2) is 6.61 Å². The van der Waals surface area contributed by atoms with Crippen molar-refractivity contribution >= 4 is 23.4 Å². The van der Waals surface area contributed by atoms with Crippen LogP contribution in [-0.2, 0) is 0 Å². The maximum Gasteiger partial charge on any atom is 0.422 e. The molecular weight excluding hydrogens is 365 g/mol. The highest BCUT2D eigenvalue weighted by molar-refractivity contribution is 6.22. The monoisotopic (exact) mass is 378 g/mol. The lowest BCUT2D eigenvalue weighted by Crippen LogP contribution is -2.24. The number of amides is 3. The van der Waals surface area contributed by atoms with E-state index >= 15 is 0 Å². The van der Waals surface area contributed by atoms with Crippen LogP contribution < -0.4 is 10.1 Å². The standard InChI is InChI=1S/C18H13F3N2O4/c1-23-16(25)13-7-2-10(8-14(13)17(23)26)15(24)22-11-3-5-12(6-4-11)27-9-18(19,20)21/h2-8H,9H2,1H3,(H,22,24). The lowest BCUT2D eigenvalue weighted by Gasteiger charge is -2.10. The number of hydrogen-bond acceptors (Lipinski definition) is 4. The average Bonchev–Trinajstić information content (AvgIpc) is 2.84. The predicted molar refractivity (Wildman–Crippen MR) is 88.8 cm³/mol. The maximum atomic E-state index is 12.3. The number of nitrogens with zero attached hydrogens (tertiary/aromatic N) is 1. The van der Waals surface area contributed by atoms with Crippen LogP contribution in [0.3, 0.4) is 0 Å². The summed E-state index contributed by atoms with van der Waals surface area (Å²) < 4.78 is 40.9. The Balaban J connectivity index is 1.70. The van der Waals surface area contributed by atoms with Gasteiger partial charge in [0.2, 0.25) is 0 Å². The molecule has 3 rings (SSSR count). The van der Waals surface area contributed by atoms with Crippen molar-refractivity contribution in [2.75, 3.05) is 19.0 Å². The van der Waals surface area contributed by atoms with Crippen LogP contribution in [0.25, 0.3) is 0 Å². The first-order chi connectivity index (χ1) is 12.7. The fourth-order valence-electron chi connectivity index (χ4n) is 2.51. The zero-order valence-corrected chi connectivity index (χ0v) is 14.0. The van der Waals surface area contributed by atoms with Crippen LogP contribution in [0.5, 0.6) is 5.75 Å². The molecule has 3 amide bonds. The van der Waals surface area contributed by atoms with E-state index in [1.54, 1.807) is 0 Å². The lowest BCUT2D eigenvalue weighted by molar-refractivity contribution is -0.153. The number of carbonyl (C=O) groups is 3. The molecule has 1 heterocycles. The van der Waals surface area contributed by atoms with E-state index in [1.165, 1.54) is 49.5 Å². The van der Waals surface area contributed by atoms with Gasteiger partial charge in [-0.1, -0.05) is 0 Å². The second-order valence-corrected chi connectivity index (χ2v) is 5.81. The minimum absolute atomic E-state index is 0.00926. The van der Waals surface area contributed by atoms with Gasteiger partial charge in [-0.3, -0.25) is 19.3 Å². The van der Waals surface area contributed by atoms with Crippen molar-refractivity contribution in [3.63, 3.8) is 0 Å². The molecule has 0 saturated heterocycles. The summed E-state index contributed by atoms with van der Waals surface area (Å²) in [6.45, 7) is -1.41. The van der Waals surface area contributed by atoms with Crippen LogP contribution >= 0.6 is 0 Å². The number of hydrogen-bond donors (Lipinski definition) is 1. The lowest BCUT2D eigenvalue weighted by atomic mass is 10.1. The Morgan fingerprint density at radius 1 is 1.04 bits per heavy atom. The highest BCUT2D eigenvalue weighted by Crippen LogP contribution is 2.24. The van der Waals surface area contributed by atoms with Gasteiger partial charge in [0.1, 0.15) is 5.75 Å². The van der Waals surface area contributed by atoms with Gasteiger partial charge in [-0.05, 0) is 42.5 Å². The summed E-state index contributed by atoms with van der Waals surface area (Å²) in [7, 11) is 1.35. The third kappa shape index (κ3) is 3.91. The Bertz CT molecular complexity index is 923. The Morgan fingerprint density at radius 2 is 1.67 bits per heavy atom. The van der Waals surface area contributed by atoms with Crippen molar-refractivity contribution < 1.29 is 32.3 Å². The van der Waals surface area contributed by atoms with Crippen molar-refractivity contribution in [2.24, 2.45) is 0 Å². The van der Waals surface area contributed by atoms with E-state index < -0.39 is 30.5 Å². The topological polar surface area (TPSA) is 75.7 Å². The van der Waals surface area contributed by atoms with E-state index in [9.17, 15) is 27.6 Å². The van der Waals surface area contributed by atoms with Crippen molar-refractivity contribution in [2.45, 2.75) is 6.18 Å². The van der Waals surface area contributed by atoms with Crippen LogP contribution in [0.1, 0.15) is 31.1 Å². The highest BCUT2D eigenvalue weighted by atomic mass is 19.4. The first-order valence-electron chi connectivity index (χ1n) is 7.73. The first-order valence-corrected chi connectivity index (χ1v) is 7.73. The Kier molecular flexibility index (Phi) is 4.61. The molecule has 1 aliphatic rings. The van der Waals surface area contributed by atoms with Gasteiger partial charge < -0.3 is 10.1 Å². The molecule has 6 nitrogen and oxygen atoms in total. The van der Waals surface area contributed by atoms with Crippen molar-refractivity contribution in [1.29, 1.82) is 0 Å². The van der Waals surface area contributed by atoms with Crippen LogP contribution in [0.2, 0.25) is 0 Å².